The van der Waals surface area contributed by atoms with Gasteiger partial charge in [-0.2, -0.15) is 0 Å². The number of benzene rings is 1. The van der Waals surface area contributed by atoms with E-state index in [0.717, 1.165) is 4.47 Å². The third kappa shape index (κ3) is 2.74. The smallest absolute Gasteiger partial charge is 0.167 e. The normalized spacial score (nSPS) is 10.1. The standard InChI is InChI=1S/C12H10BrFN2O/c1-17-11-5-4-8(7-10(11)14)16-12-9(13)3-2-6-15-12/h2-7H,1H3,(H,15,16). The Hall–Kier alpha value is -1.62. The molecule has 0 fully saturated rings. The van der Waals surface area contributed by atoms with Gasteiger partial charge < -0.3 is 10.1 Å². The lowest BCUT2D eigenvalue weighted by Gasteiger charge is -2.08. The summed E-state index contributed by atoms with van der Waals surface area (Å²) in [5.41, 5.74) is 0.614. The van der Waals surface area contributed by atoms with Crippen LogP contribution in [0.15, 0.2) is 41.0 Å². The fraction of sp³-hybridized carbons (Fsp3) is 0.0833. The van der Waals surface area contributed by atoms with Gasteiger partial charge in [0.25, 0.3) is 0 Å². The molecule has 5 heteroatoms. The molecule has 3 nitrogen and oxygen atoms in total. The molecule has 17 heavy (non-hydrogen) atoms. The Balaban J connectivity index is 2.25. The molecule has 0 aliphatic heterocycles. The number of nitrogens with one attached hydrogen (secondary N) is 1. The summed E-state index contributed by atoms with van der Waals surface area (Å²) in [7, 11) is 1.43. The molecule has 1 aromatic carbocycles. The van der Waals surface area contributed by atoms with Crippen LogP contribution in [-0.2, 0) is 0 Å². The number of rotatable bonds is 3. The first-order valence-corrected chi connectivity index (χ1v) is 5.71. The SMILES string of the molecule is COc1ccc(Nc2ncccc2Br)cc1F. The minimum Gasteiger partial charge on any atom is -0.494 e. The van der Waals surface area contributed by atoms with Gasteiger partial charge in [-0.15, -0.1) is 0 Å². The molecule has 0 unspecified atom stereocenters. The molecule has 1 heterocycles. The van der Waals surface area contributed by atoms with E-state index in [1.807, 2.05) is 12.1 Å². The second-order valence-electron chi connectivity index (χ2n) is 3.31. The zero-order valence-corrected chi connectivity index (χ0v) is 10.7. The highest BCUT2D eigenvalue weighted by Crippen LogP contribution is 2.26. The molecular formula is C12H10BrFN2O. The van der Waals surface area contributed by atoms with E-state index in [1.54, 1.807) is 18.3 Å². The molecule has 0 atom stereocenters. The Kier molecular flexibility index (Phi) is 3.58. The summed E-state index contributed by atoms with van der Waals surface area (Å²) < 4.78 is 19.1. The molecule has 0 amide bonds. The predicted octanol–water partition coefficient (Wildman–Crippen LogP) is 3.74. The van der Waals surface area contributed by atoms with Crippen LogP contribution in [0.2, 0.25) is 0 Å². The average molecular weight is 297 g/mol. The van der Waals surface area contributed by atoms with Crippen LogP contribution < -0.4 is 10.1 Å². The van der Waals surface area contributed by atoms with E-state index in [-0.39, 0.29) is 5.75 Å². The van der Waals surface area contributed by atoms with E-state index in [0.29, 0.717) is 11.5 Å². The largest absolute Gasteiger partial charge is 0.494 e. The summed E-state index contributed by atoms with van der Waals surface area (Å²) in [4.78, 5) is 4.13. The van der Waals surface area contributed by atoms with Gasteiger partial charge in [0, 0.05) is 18.0 Å². The Morgan fingerprint density at radius 1 is 1.35 bits per heavy atom. The van der Waals surface area contributed by atoms with Gasteiger partial charge in [-0.1, -0.05) is 0 Å². The molecule has 0 bridgehead atoms. The van der Waals surface area contributed by atoms with Gasteiger partial charge in [-0.3, -0.25) is 0 Å². The van der Waals surface area contributed by atoms with Crippen LogP contribution in [0.3, 0.4) is 0 Å². The van der Waals surface area contributed by atoms with Crippen LogP contribution >= 0.6 is 15.9 Å². The maximum absolute atomic E-state index is 13.5. The number of ether oxygens (including phenoxy) is 1. The molecule has 0 aliphatic rings. The maximum atomic E-state index is 13.5. The molecule has 0 radical (unpaired) electrons. The third-order valence-electron chi connectivity index (χ3n) is 2.17. The second kappa shape index (κ2) is 5.14. The van der Waals surface area contributed by atoms with Crippen molar-refractivity contribution in [3.8, 4) is 5.75 Å². The first-order chi connectivity index (χ1) is 8.20. The number of aromatic nitrogens is 1. The van der Waals surface area contributed by atoms with E-state index < -0.39 is 5.82 Å². The average Bonchev–Trinajstić information content (AvgIpc) is 2.32. The van der Waals surface area contributed by atoms with Crippen LogP contribution in [0.4, 0.5) is 15.9 Å². The van der Waals surface area contributed by atoms with Gasteiger partial charge in [-0.25, -0.2) is 9.37 Å². The molecule has 88 valence electrons. The summed E-state index contributed by atoms with van der Waals surface area (Å²) in [5, 5.41) is 3.01. The Labute approximate surface area is 107 Å². The highest BCUT2D eigenvalue weighted by Gasteiger charge is 2.05. The quantitative estimate of drug-likeness (QED) is 0.937. The van der Waals surface area contributed by atoms with E-state index >= 15 is 0 Å². The predicted molar refractivity (Wildman–Crippen MR) is 68.2 cm³/mol. The molecule has 2 aromatic rings. The van der Waals surface area contributed by atoms with Crippen LogP contribution in [0, 0.1) is 5.82 Å². The molecule has 2 rings (SSSR count). The molecule has 0 saturated heterocycles. The monoisotopic (exact) mass is 296 g/mol. The van der Waals surface area contributed by atoms with E-state index in [9.17, 15) is 4.39 Å². The Morgan fingerprint density at radius 3 is 2.82 bits per heavy atom. The molecule has 0 aliphatic carbocycles. The zero-order chi connectivity index (χ0) is 12.3. The van der Waals surface area contributed by atoms with E-state index in [1.165, 1.54) is 13.2 Å². The molecule has 1 N–H and O–H groups in total. The second-order valence-corrected chi connectivity index (χ2v) is 4.16. The van der Waals surface area contributed by atoms with Crippen LogP contribution in [0.1, 0.15) is 0 Å². The highest BCUT2D eigenvalue weighted by atomic mass is 79.9. The van der Waals surface area contributed by atoms with Crippen molar-refractivity contribution in [1.82, 2.24) is 4.98 Å². The highest BCUT2D eigenvalue weighted by molar-refractivity contribution is 9.10. The van der Waals surface area contributed by atoms with Crippen LogP contribution in [-0.4, -0.2) is 12.1 Å². The van der Waals surface area contributed by atoms with Gasteiger partial charge in [0.15, 0.2) is 11.6 Å². The van der Waals surface area contributed by atoms with Gasteiger partial charge in [0.05, 0.1) is 11.6 Å². The number of pyridine rings is 1. The van der Waals surface area contributed by atoms with Gasteiger partial charge >= 0.3 is 0 Å². The summed E-state index contributed by atoms with van der Waals surface area (Å²) in [6.07, 6.45) is 1.66. The van der Waals surface area contributed by atoms with Crippen molar-refractivity contribution in [2.75, 3.05) is 12.4 Å². The zero-order valence-electron chi connectivity index (χ0n) is 9.08. The lowest BCUT2D eigenvalue weighted by atomic mass is 10.3. The first-order valence-electron chi connectivity index (χ1n) is 4.92. The minimum atomic E-state index is -0.412. The van der Waals surface area contributed by atoms with Gasteiger partial charge in [0.2, 0.25) is 0 Å². The molecular weight excluding hydrogens is 287 g/mol. The number of halogens is 2. The van der Waals surface area contributed by atoms with Crippen molar-refractivity contribution < 1.29 is 9.13 Å². The summed E-state index contributed by atoms with van der Waals surface area (Å²) in [5.74, 6) is 0.442. The summed E-state index contributed by atoms with van der Waals surface area (Å²) in [6.45, 7) is 0. The van der Waals surface area contributed by atoms with Crippen LogP contribution in [0.5, 0.6) is 5.75 Å². The lowest BCUT2D eigenvalue weighted by molar-refractivity contribution is 0.386. The summed E-state index contributed by atoms with van der Waals surface area (Å²) in [6, 6.07) is 8.32. The first kappa shape index (κ1) is 11.9. The number of hydrogen-bond donors (Lipinski definition) is 1. The van der Waals surface area contributed by atoms with Crippen molar-refractivity contribution in [2.24, 2.45) is 0 Å². The fourth-order valence-electron chi connectivity index (χ4n) is 1.36. The number of methoxy groups -OCH3 is 1. The fourth-order valence-corrected chi connectivity index (χ4v) is 1.71. The maximum Gasteiger partial charge on any atom is 0.167 e. The number of hydrogen-bond acceptors (Lipinski definition) is 3. The third-order valence-corrected chi connectivity index (χ3v) is 2.81. The van der Waals surface area contributed by atoms with Gasteiger partial charge in [-0.05, 0) is 40.2 Å². The topological polar surface area (TPSA) is 34.1 Å². The number of nitrogens with zero attached hydrogens (tertiary/aromatic N) is 1. The van der Waals surface area contributed by atoms with Crippen LogP contribution in [0.25, 0.3) is 0 Å². The Morgan fingerprint density at radius 2 is 2.18 bits per heavy atom. The van der Waals surface area contributed by atoms with Crippen molar-refractivity contribution >= 4 is 27.4 Å². The van der Waals surface area contributed by atoms with Crippen molar-refractivity contribution in [3.63, 3.8) is 0 Å². The molecule has 1 aromatic heterocycles. The number of anilines is 2. The van der Waals surface area contributed by atoms with E-state index in [4.69, 9.17) is 4.74 Å². The molecule has 0 saturated carbocycles. The Bertz CT molecular complexity index is 534. The molecule has 0 spiro atoms. The summed E-state index contributed by atoms with van der Waals surface area (Å²) >= 11 is 3.36. The lowest BCUT2D eigenvalue weighted by Crippen LogP contribution is -1.96. The van der Waals surface area contributed by atoms with Gasteiger partial charge in [0.1, 0.15) is 5.82 Å². The van der Waals surface area contributed by atoms with Crippen molar-refractivity contribution in [2.45, 2.75) is 0 Å². The van der Waals surface area contributed by atoms with E-state index in [2.05, 4.69) is 26.2 Å². The minimum absolute atomic E-state index is 0.218. The van der Waals surface area contributed by atoms with Crippen molar-refractivity contribution in [3.05, 3.63) is 46.8 Å². The van der Waals surface area contributed by atoms with Crippen molar-refractivity contribution in [1.29, 1.82) is 0 Å².